The molecule has 1 aromatic heterocycles. The Bertz CT molecular complexity index is 1300. The Labute approximate surface area is 216 Å². The first-order valence-corrected chi connectivity index (χ1v) is 11.7. The number of nitrogens with one attached hydrogen (secondary N) is 3. The fraction of sp³-hybridized carbons (Fsp3) is 0.292. The maximum absolute atomic E-state index is 12.5. The summed E-state index contributed by atoms with van der Waals surface area (Å²) in [5.41, 5.74) is -0.162. The molecule has 0 radical (unpaired) electrons. The molecule has 0 aliphatic rings. The van der Waals surface area contributed by atoms with Crippen molar-refractivity contribution in [2.75, 3.05) is 43.1 Å². The number of benzene rings is 1. The summed E-state index contributed by atoms with van der Waals surface area (Å²) in [4.78, 5) is 54.2. The van der Waals surface area contributed by atoms with Crippen LogP contribution in [0.2, 0.25) is 10.0 Å². The maximum atomic E-state index is 12.5. The molecule has 0 fully saturated rings. The molecule has 12 heteroatoms. The molecule has 4 N–H and O–H groups in total. The minimum Gasteiger partial charge on any atom is -0.480 e. The number of halogens is 2. The Morgan fingerprint density at radius 2 is 1.64 bits per heavy atom. The first-order chi connectivity index (χ1) is 17.1. The maximum Gasteiger partial charge on any atom is 0.326 e. The van der Waals surface area contributed by atoms with Gasteiger partial charge in [0.2, 0.25) is 0 Å². The fourth-order valence-electron chi connectivity index (χ4n) is 3.46. The molecule has 0 saturated heterocycles. The van der Waals surface area contributed by atoms with Gasteiger partial charge in [0.1, 0.15) is 17.4 Å². The lowest BCUT2D eigenvalue weighted by molar-refractivity contribution is -0.137. The quantitative estimate of drug-likeness (QED) is 0.204. The van der Waals surface area contributed by atoms with Gasteiger partial charge in [0, 0.05) is 31.0 Å². The molecular weight excluding hydrogens is 509 g/mol. The zero-order chi connectivity index (χ0) is 26.4. The fourth-order valence-corrected chi connectivity index (χ4v) is 4.00. The highest BCUT2D eigenvalue weighted by Crippen LogP contribution is 2.24. The van der Waals surface area contributed by atoms with E-state index in [4.69, 9.17) is 23.2 Å². The van der Waals surface area contributed by atoms with Crippen LogP contribution in [0.4, 0.5) is 17.1 Å². The zero-order valence-electron chi connectivity index (χ0n) is 19.6. The molecular formula is C24H25Cl2N5O5. The minimum absolute atomic E-state index is 0.0211. The summed E-state index contributed by atoms with van der Waals surface area (Å²) in [6.07, 6.45) is 3.40. The van der Waals surface area contributed by atoms with Crippen molar-refractivity contribution in [2.45, 2.75) is 18.9 Å². The molecule has 1 amide bonds. The Morgan fingerprint density at radius 1 is 1.03 bits per heavy atom. The first-order valence-electron chi connectivity index (χ1n) is 11.0. The number of hydrogen-bond acceptors (Lipinski definition) is 8. The molecule has 0 aliphatic carbocycles. The van der Waals surface area contributed by atoms with E-state index < -0.39 is 28.8 Å². The number of aliphatic carboxylic acids is 1. The number of carbonyl (C=O) groups excluding carboxylic acids is 1. The highest BCUT2D eigenvalue weighted by atomic mass is 35.5. The van der Waals surface area contributed by atoms with Gasteiger partial charge >= 0.3 is 5.97 Å². The van der Waals surface area contributed by atoms with E-state index in [1.807, 2.05) is 19.0 Å². The molecule has 0 unspecified atom stereocenters. The normalized spacial score (nSPS) is 11.9. The van der Waals surface area contributed by atoms with Gasteiger partial charge in [-0.05, 0) is 44.8 Å². The second-order valence-electron chi connectivity index (χ2n) is 8.36. The van der Waals surface area contributed by atoms with Crippen molar-refractivity contribution in [3.63, 3.8) is 0 Å². The number of hydrogen-bond donors (Lipinski definition) is 4. The summed E-state index contributed by atoms with van der Waals surface area (Å²) in [5.74, 6) is -1.70. The Hall–Kier alpha value is -3.47. The SMILES string of the molecule is CN(C)CCCNc1c(N[C@@H](Cc2ccc(NC(=O)c3c(Cl)cncc3Cl)cc2)C(=O)O)c(=O)c1=O. The number of carboxylic acid groups (broad SMARTS) is 1. The van der Waals surface area contributed by atoms with Crippen molar-refractivity contribution < 1.29 is 14.7 Å². The second-order valence-corrected chi connectivity index (χ2v) is 9.17. The van der Waals surface area contributed by atoms with Gasteiger partial charge in [0.15, 0.2) is 0 Å². The smallest absolute Gasteiger partial charge is 0.326 e. The molecule has 190 valence electrons. The van der Waals surface area contributed by atoms with E-state index in [0.717, 1.165) is 13.0 Å². The largest absolute Gasteiger partial charge is 0.480 e. The van der Waals surface area contributed by atoms with Crippen LogP contribution in [0.1, 0.15) is 22.3 Å². The number of aromatic nitrogens is 1. The average molecular weight is 534 g/mol. The van der Waals surface area contributed by atoms with Gasteiger partial charge in [0.25, 0.3) is 16.8 Å². The third kappa shape index (κ3) is 6.60. The second kappa shape index (κ2) is 12.0. The van der Waals surface area contributed by atoms with Crippen molar-refractivity contribution in [1.82, 2.24) is 9.88 Å². The van der Waals surface area contributed by atoms with Gasteiger partial charge in [-0.1, -0.05) is 35.3 Å². The van der Waals surface area contributed by atoms with Gasteiger partial charge in [-0.2, -0.15) is 0 Å². The van der Waals surface area contributed by atoms with Crippen LogP contribution >= 0.6 is 23.2 Å². The van der Waals surface area contributed by atoms with Crippen LogP contribution < -0.4 is 26.8 Å². The van der Waals surface area contributed by atoms with E-state index in [9.17, 15) is 24.3 Å². The van der Waals surface area contributed by atoms with Gasteiger partial charge in [0.05, 0.1) is 15.6 Å². The van der Waals surface area contributed by atoms with Crippen molar-refractivity contribution in [2.24, 2.45) is 0 Å². The van der Waals surface area contributed by atoms with E-state index in [1.165, 1.54) is 12.4 Å². The van der Waals surface area contributed by atoms with Gasteiger partial charge in [-0.15, -0.1) is 0 Å². The summed E-state index contributed by atoms with van der Waals surface area (Å²) >= 11 is 12.0. The van der Waals surface area contributed by atoms with Crippen LogP contribution in [0.25, 0.3) is 0 Å². The topological polar surface area (TPSA) is 141 Å². The Morgan fingerprint density at radius 3 is 2.22 bits per heavy atom. The molecule has 1 heterocycles. The average Bonchev–Trinajstić information content (AvgIpc) is 2.82. The number of anilines is 3. The lowest BCUT2D eigenvalue weighted by Gasteiger charge is -2.20. The van der Waals surface area contributed by atoms with E-state index in [1.54, 1.807) is 24.3 Å². The van der Waals surface area contributed by atoms with E-state index in [2.05, 4.69) is 20.9 Å². The lowest BCUT2D eigenvalue weighted by Crippen LogP contribution is -2.42. The predicted octanol–water partition coefficient (Wildman–Crippen LogP) is 2.71. The number of pyridine rings is 1. The third-order valence-corrected chi connectivity index (χ3v) is 5.92. The van der Waals surface area contributed by atoms with E-state index in [-0.39, 0.29) is 33.4 Å². The van der Waals surface area contributed by atoms with E-state index >= 15 is 0 Å². The summed E-state index contributed by atoms with van der Waals surface area (Å²) in [5, 5.41) is 18.2. The molecule has 0 spiro atoms. The number of amides is 1. The van der Waals surface area contributed by atoms with Gasteiger partial charge in [-0.3, -0.25) is 19.4 Å². The predicted molar refractivity (Wildman–Crippen MR) is 140 cm³/mol. The monoisotopic (exact) mass is 533 g/mol. The molecule has 36 heavy (non-hydrogen) atoms. The van der Waals surface area contributed by atoms with Crippen LogP contribution in [-0.4, -0.2) is 60.1 Å². The highest BCUT2D eigenvalue weighted by Gasteiger charge is 2.26. The van der Waals surface area contributed by atoms with E-state index in [0.29, 0.717) is 17.8 Å². The van der Waals surface area contributed by atoms with Gasteiger partial charge < -0.3 is 26.0 Å². The summed E-state index contributed by atoms with van der Waals surface area (Å²) in [6.45, 7) is 1.26. The Balaban J connectivity index is 1.65. The highest BCUT2D eigenvalue weighted by molar-refractivity contribution is 6.40. The lowest BCUT2D eigenvalue weighted by atomic mass is 10.0. The molecule has 0 saturated carbocycles. The number of carbonyl (C=O) groups is 2. The van der Waals surface area contributed by atoms with Crippen LogP contribution in [0.5, 0.6) is 0 Å². The number of carboxylic acids is 1. The van der Waals surface area contributed by atoms with Gasteiger partial charge in [-0.25, -0.2) is 4.79 Å². The number of rotatable bonds is 12. The van der Waals surface area contributed by atoms with Crippen molar-refractivity contribution >= 4 is 52.1 Å². The van der Waals surface area contributed by atoms with Crippen molar-refractivity contribution in [1.29, 1.82) is 0 Å². The molecule has 0 bridgehead atoms. The van der Waals surface area contributed by atoms with Crippen molar-refractivity contribution in [3.8, 4) is 0 Å². The van der Waals surface area contributed by atoms with Crippen LogP contribution in [-0.2, 0) is 11.2 Å². The minimum atomic E-state index is -1.18. The zero-order valence-corrected chi connectivity index (χ0v) is 21.1. The summed E-state index contributed by atoms with van der Waals surface area (Å²) in [7, 11) is 3.85. The Kier molecular flexibility index (Phi) is 9.03. The first kappa shape index (κ1) is 27.1. The molecule has 2 aromatic carbocycles. The number of nitrogens with zero attached hydrogens (tertiary/aromatic N) is 2. The van der Waals surface area contributed by atoms with Crippen molar-refractivity contribution in [3.05, 3.63) is 78.3 Å². The summed E-state index contributed by atoms with van der Waals surface area (Å²) < 4.78 is 0. The third-order valence-electron chi connectivity index (χ3n) is 5.34. The molecule has 3 rings (SSSR count). The summed E-state index contributed by atoms with van der Waals surface area (Å²) in [6, 6.07) is 5.34. The standard InChI is InChI=1S/C24H25Cl2N5O5/c1-31(2)9-3-8-28-19-20(22(33)21(19)32)30-17(24(35)36)10-13-4-6-14(7-5-13)29-23(34)18-15(25)11-27-12-16(18)26/h4-7,11-12,17,28,30H,3,8-10H2,1-2H3,(H,29,34)(H,35,36)/t17-/m0/s1. The molecule has 3 aromatic rings. The molecule has 10 nitrogen and oxygen atoms in total. The molecule has 1 atom stereocenters. The van der Waals surface area contributed by atoms with Crippen LogP contribution in [0.3, 0.4) is 0 Å². The van der Waals surface area contributed by atoms with Crippen LogP contribution in [0, 0.1) is 0 Å². The van der Waals surface area contributed by atoms with Crippen LogP contribution in [0.15, 0.2) is 46.2 Å². The molecule has 0 aliphatic heterocycles.